The fourth-order valence-electron chi connectivity index (χ4n) is 8.06. The summed E-state index contributed by atoms with van der Waals surface area (Å²) in [6.07, 6.45) is 0.799. The second-order valence-corrected chi connectivity index (χ2v) is 17.5. The van der Waals surface area contributed by atoms with Crippen LogP contribution in [0.25, 0.3) is 33.4 Å². The largest absolute Gasteiger partial charge is 0.491 e. The van der Waals surface area contributed by atoms with Gasteiger partial charge in [0.15, 0.2) is 0 Å². The summed E-state index contributed by atoms with van der Waals surface area (Å²) in [6, 6.07) is 48.5. The molecule has 0 N–H and O–H groups in total. The van der Waals surface area contributed by atoms with Crippen molar-refractivity contribution in [2.45, 2.75) is 37.8 Å². The lowest BCUT2D eigenvalue weighted by Gasteiger charge is -2.26. The first-order valence-electron chi connectivity index (χ1n) is 24.1. The Kier molecular flexibility index (Phi) is 17.5. The van der Waals surface area contributed by atoms with Crippen LogP contribution in [-0.4, -0.2) is 130 Å². The summed E-state index contributed by atoms with van der Waals surface area (Å²) in [5.74, 6) is 2.71. The van der Waals surface area contributed by atoms with Crippen molar-refractivity contribution < 1.29 is 56.8 Å². The van der Waals surface area contributed by atoms with Crippen LogP contribution in [0, 0.1) is 0 Å². The minimum atomic E-state index is -0.339. The summed E-state index contributed by atoms with van der Waals surface area (Å²) in [7, 11) is 0. The van der Waals surface area contributed by atoms with Crippen LogP contribution in [0.15, 0.2) is 140 Å². The zero-order valence-electron chi connectivity index (χ0n) is 38.9. The van der Waals surface area contributed by atoms with Crippen LogP contribution in [-0.2, 0) is 37.9 Å². The first-order valence-corrected chi connectivity index (χ1v) is 24.1. The Morgan fingerprint density at radius 3 is 1.07 bits per heavy atom. The molecule has 12 nitrogen and oxygen atoms in total. The van der Waals surface area contributed by atoms with E-state index in [2.05, 4.69) is 109 Å². The van der Waals surface area contributed by atoms with Crippen molar-refractivity contribution >= 4 is 0 Å². The van der Waals surface area contributed by atoms with Crippen LogP contribution >= 0.6 is 0 Å². The van der Waals surface area contributed by atoms with Crippen LogP contribution in [0.5, 0.6) is 23.0 Å². The average molecular weight is 953 g/mol. The van der Waals surface area contributed by atoms with E-state index in [1.807, 2.05) is 30.3 Å². The molecule has 0 amide bonds. The molecule has 4 aliphatic rings. The first kappa shape index (κ1) is 49.2. The number of hydrogen-bond donors (Lipinski definition) is 0. The van der Waals surface area contributed by atoms with E-state index in [9.17, 15) is 0 Å². The zero-order chi connectivity index (χ0) is 46.5. The number of rotatable bonds is 30. The molecule has 4 aliphatic heterocycles. The van der Waals surface area contributed by atoms with Gasteiger partial charge in [0.25, 0.3) is 0 Å². The second kappa shape index (κ2) is 24.8. The van der Waals surface area contributed by atoms with Gasteiger partial charge in [-0.1, -0.05) is 98.4 Å². The van der Waals surface area contributed by atoms with E-state index in [0.29, 0.717) is 79.3 Å². The summed E-state index contributed by atoms with van der Waals surface area (Å²) < 4.78 is 70.0. The molecule has 0 saturated carbocycles. The monoisotopic (exact) mass is 952 g/mol. The average Bonchev–Trinajstić information content (AvgIpc) is 4.14. The van der Waals surface area contributed by atoms with E-state index in [0.717, 1.165) is 99.5 Å². The number of hydrogen-bond acceptors (Lipinski definition) is 12. The van der Waals surface area contributed by atoms with E-state index in [1.54, 1.807) is 0 Å². The summed E-state index contributed by atoms with van der Waals surface area (Å²) in [6.45, 7) is 8.83. The van der Waals surface area contributed by atoms with Crippen molar-refractivity contribution in [3.05, 3.63) is 156 Å². The molecule has 4 atom stereocenters. The Morgan fingerprint density at radius 2 is 0.686 bits per heavy atom. The lowest BCUT2D eigenvalue weighted by atomic mass is 9.81. The summed E-state index contributed by atoms with van der Waals surface area (Å²) in [5.41, 5.74) is 9.43. The maximum absolute atomic E-state index is 6.71. The molecule has 70 heavy (non-hydrogen) atoms. The van der Waals surface area contributed by atoms with Gasteiger partial charge in [0, 0.05) is 17.0 Å². The fourth-order valence-corrected chi connectivity index (χ4v) is 8.06. The highest BCUT2D eigenvalue weighted by Gasteiger charge is 2.28. The molecule has 368 valence electrons. The van der Waals surface area contributed by atoms with Gasteiger partial charge in [-0.25, -0.2) is 0 Å². The van der Waals surface area contributed by atoms with Gasteiger partial charge in [-0.15, -0.1) is 0 Å². The van der Waals surface area contributed by atoms with Gasteiger partial charge in [-0.2, -0.15) is 0 Å². The molecule has 12 heteroatoms. The lowest BCUT2D eigenvalue weighted by Crippen LogP contribution is -2.14. The van der Waals surface area contributed by atoms with Gasteiger partial charge < -0.3 is 56.8 Å². The van der Waals surface area contributed by atoms with Gasteiger partial charge in [-0.3, -0.25) is 0 Å². The van der Waals surface area contributed by atoms with Crippen LogP contribution < -0.4 is 18.9 Å². The maximum atomic E-state index is 6.71. The first-order chi connectivity index (χ1) is 34.2. The molecule has 6 aromatic carbocycles. The van der Waals surface area contributed by atoms with E-state index in [1.165, 1.54) is 0 Å². The van der Waals surface area contributed by atoms with Crippen LogP contribution in [0.3, 0.4) is 0 Å². The van der Waals surface area contributed by atoms with Crippen molar-refractivity contribution in [2.75, 3.05) is 106 Å². The molecule has 0 radical (unpaired) electrons. The molecule has 0 spiro atoms. The van der Waals surface area contributed by atoms with Crippen molar-refractivity contribution in [1.82, 2.24) is 0 Å². The molecule has 4 unspecified atom stereocenters. The topological polar surface area (TPSA) is 124 Å². The van der Waals surface area contributed by atoms with E-state index >= 15 is 0 Å². The highest BCUT2D eigenvalue weighted by atomic mass is 16.6. The Bertz CT molecular complexity index is 2370. The summed E-state index contributed by atoms with van der Waals surface area (Å²) in [4.78, 5) is 0. The number of epoxide rings is 4. The van der Waals surface area contributed by atoms with Crippen LogP contribution in [0.1, 0.15) is 30.0 Å². The Morgan fingerprint density at radius 1 is 0.357 bits per heavy atom. The molecule has 6 aromatic rings. The zero-order valence-corrected chi connectivity index (χ0v) is 38.9. The number of ether oxygens (including phenoxy) is 12. The van der Waals surface area contributed by atoms with Gasteiger partial charge >= 0.3 is 0 Å². The quantitative estimate of drug-likeness (QED) is 0.0243. The molecule has 4 heterocycles. The molecule has 4 fully saturated rings. The van der Waals surface area contributed by atoms with Gasteiger partial charge in [-0.05, 0) is 87.5 Å². The van der Waals surface area contributed by atoms with E-state index < -0.39 is 0 Å². The Balaban J connectivity index is 0.00000608. The molecule has 4 saturated heterocycles. The second-order valence-electron chi connectivity index (χ2n) is 17.5. The van der Waals surface area contributed by atoms with E-state index in [4.69, 9.17) is 56.8 Å². The summed E-state index contributed by atoms with van der Waals surface area (Å²) >= 11 is 0. The summed E-state index contributed by atoms with van der Waals surface area (Å²) in [5, 5.41) is 0. The third-order valence-electron chi connectivity index (χ3n) is 12.2. The predicted molar refractivity (Wildman–Crippen MR) is 268 cm³/mol. The van der Waals surface area contributed by atoms with E-state index in [-0.39, 0.29) is 37.8 Å². The molecular weight excluding hydrogens is 889 g/mol. The van der Waals surface area contributed by atoms with Crippen molar-refractivity contribution in [3.63, 3.8) is 0 Å². The SMILES string of the molecule is C.c1ccc(-c2ccc(C(c3cc(-c4ccc(OCCOCC5CO5)cc4)ccc3OCCOCC3CO3)c3cc(-c4ccc(OCCOCC5CO5)cc4)ccc3OCCOCC3CO3)cc2)cc1. The molecule has 0 aliphatic carbocycles. The normalized spacial score (nSPS) is 18.9. The maximum Gasteiger partial charge on any atom is 0.123 e. The molecule has 0 aromatic heterocycles. The van der Waals surface area contributed by atoms with Crippen molar-refractivity contribution in [1.29, 1.82) is 0 Å². The van der Waals surface area contributed by atoms with Gasteiger partial charge in [0.05, 0.1) is 79.3 Å². The van der Waals surface area contributed by atoms with Gasteiger partial charge in [0.1, 0.15) is 73.8 Å². The minimum absolute atomic E-state index is 0. The highest BCUT2D eigenvalue weighted by molar-refractivity contribution is 5.72. The Hall–Kier alpha value is -5.80. The number of benzene rings is 6. The van der Waals surface area contributed by atoms with Crippen LogP contribution in [0.4, 0.5) is 0 Å². The molecule has 10 rings (SSSR count). The standard InChI is InChI=1S/C57H60O12.CH4/c1-2-4-40(5-3-1)41-6-8-44(9-7-41)57(53-30-45(14-20-55(53)64-28-24-60-34-51-38-68-51)42-10-16-47(17-11-42)62-26-22-58-32-49-36-66-49)54-31-46(15-21-56(54)65-29-25-61-35-52-39-69-52)43-12-18-48(19-13-43)63-27-23-59-33-50-37-67-50;/h1-21,30-31,49-52,57H,22-29,32-39H2;1H4. The molecule has 0 bridgehead atoms. The lowest BCUT2D eigenvalue weighted by molar-refractivity contribution is 0.0871. The smallest absolute Gasteiger partial charge is 0.123 e. The predicted octanol–water partition coefficient (Wildman–Crippen LogP) is 9.68. The van der Waals surface area contributed by atoms with Gasteiger partial charge in [0.2, 0.25) is 0 Å². The third-order valence-corrected chi connectivity index (χ3v) is 12.2. The molecular formula is C58H64O12. The van der Waals surface area contributed by atoms with Crippen LogP contribution in [0.2, 0.25) is 0 Å². The van der Waals surface area contributed by atoms with Crippen molar-refractivity contribution in [3.8, 4) is 56.4 Å². The fraction of sp³-hybridized carbons (Fsp3) is 0.379. The third kappa shape index (κ3) is 14.6. The Labute approximate surface area is 411 Å². The minimum Gasteiger partial charge on any atom is -0.491 e. The highest BCUT2D eigenvalue weighted by Crippen LogP contribution is 2.45. The van der Waals surface area contributed by atoms with Crippen molar-refractivity contribution in [2.24, 2.45) is 0 Å².